The van der Waals surface area contributed by atoms with Gasteiger partial charge in [0, 0.05) is 41.8 Å². The fraction of sp³-hybridized carbons (Fsp3) is 0.0500. The summed E-state index contributed by atoms with van der Waals surface area (Å²) in [5.41, 5.74) is 6.51. The third kappa shape index (κ3) is 6.43. The van der Waals surface area contributed by atoms with Gasteiger partial charge in [0.15, 0.2) is 11.6 Å². The summed E-state index contributed by atoms with van der Waals surface area (Å²) in [7, 11) is 0. The second kappa shape index (κ2) is 14.2. The molecule has 0 N–H and O–H groups in total. The van der Waals surface area contributed by atoms with Crippen LogP contribution < -0.4 is 0 Å². The molecule has 0 aliphatic rings. The van der Waals surface area contributed by atoms with Crippen LogP contribution in [0.1, 0.15) is 31.8 Å². The lowest BCUT2D eigenvalue weighted by Gasteiger charge is -2.17. The van der Waals surface area contributed by atoms with Gasteiger partial charge in [-0.1, -0.05) is 121 Å². The molecule has 0 amide bonds. The summed E-state index contributed by atoms with van der Waals surface area (Å²) in [5.74, 6) is 0.0161. The van der Waals surface area contributed by atoms with Crippen LogP contribution in [0.3, 0.4) is 0 Å². The van der Waals surface area contributed by atoms with E-state index in [1.165, 1.54) is 0 Å². The number of ketones is 2. The van der Waals surface area contributed by atoms with Gasteiger partial charge in [-0.05, 0) is 71.2 Å². The van der Waals surface area contributed by atoms with Gasteiger partial charge < -0.3 is 0 Å². The summed E-state index contributed by atoms with van der Waals surface area (Å²) >= 11 is 4.80. The molecule has 220 valence electrons. The lowest BCUT2D eigenvalue weighted by Crippen LogP contribution is -2.05. The van der Waals surface area contributed by atoms with Gasteiger partial charge in [-0.25, -0.2) is 0 Å². The molecule has 0 aromatic heterocycles. The second-order valence-electron chi connectivity index (χ2n) is 10.2. The van der Waals surface area contributed by atoms with E-state index >= 15 is 0 Å². The van der Waals surface area contributed by atoms with Crippen LogP contribution in [0, 0.1) is 0 Å². The third-order valence-corrected chi connectivity index (χ3v) is 10.4. The molecule has 45 heavy (non-hydrogen) atoms. The maximum Gasteiger partial charge on any atom is 0.194 e. The highest BCUT2D eigenvalue weighted by Gasteiger charge is 2.21. The fourth-order valence-corrected chi connectivity index (χ4v) is 7.76. The Bertz CT molecular complexity index is 1870. The molecule has 6 aromatic carbocycles. The molecule has 0 radical (unpaired) electrons. The van der Waals surface area contributed by atoms with Gasteiger partial charge in [-0.15, -0.1) is 23.5 Å². The topological polar surface area (TPSA) is 34.1 Å². The molecule has 0 aliphatic heterocycles. The molecule has 0 saturated heterocycles. The minimum atomic E-state index is 0.00807. The minimum Gasteiger partial charge on any atom is -0.289 e. The van der Waals surface area contributed by atoms with Crippen LogP contribution in [0.15, 0.2) is 165 Å². The summed E-state index contributed by atoms with van der Waals surface area (Å²) in [6, 6.07) is 47.7. The van der Waals surface area contributed by atoms with Crippen LogP contribution in [0.2, 0.25) is 0 Å². The minimum absolute atomic E-state index is 0.00807. The smallest absolute Gasteiger partial charge is 0.194 e. The van der Waals surface area contributed by atoms with Crippen LogP contribution in [0.4, 0.5) is 0 Å². The van der Waals surface area contributed by atoms with Crippen molar-refractivity contribution in [3.8, 4) is 22.3 Å². The zero-order valence-corrected chi connectivity index (χ0v) is 27.3. The van der Waals surface area contributed by atoms with E-state index in [1.54, 1.807) is 35.3 Å². The van der Waals surface area contributed by atoms with E-state index in [9.17, 15) is 9.59 Å². The molecule has 2 nitrogen and oxygen atoms in total. The summed E-state index contributed by atoms with van der Waals surface area (Å²) < 4.78 is 0. The molecule has 6 rings (SSSR count). The van der Waals surface area contributed by atoms with Crippen molar-refractivity contribution in [1.29, 1.82) is 0 Å². The first-order valence-corrected chi connectivity index (χ1v) is 17.8. The molecule has 0 bridgehead atoms. The predicted molar refractivity (Wildman–Crippen MR) is 191 cm³/mol. The lowest BCUT2D eigenvalue weighted by molar-refractivity contribution is 0.102. The molecule has 0 saturated carbocycles. The molecule has 0 spiro atoms. The first kappa shape index (κ1) is 30.7. The van der Waals surface area contributed by atoms with E-state index < -0.39 is 0 Å². The van der Waals surface area contributed by atoms with Gasteiger partial charge in [-0.2, -0.15) is 0 Å². The van der Waals surface area contributed by atoms with Crippen LogP contribution in [-0.4, -0.2) is 24.1 Å². The molecule has 0 atom stereocenters. The second-order valence-corrected chi connectivity index (χ2v) is 13.0. The molecule has 0 fully saturated rings. The Hall–Kier alpha value is -4.29. The average molecular weight is 639 g/mol. The van der Waals surface area contributed by atoms with Gasteiger partial charge in [0.05, 0.1) is 0 Å². The van der Waals surface area contributed by atoms with Crippen molar-refractivity contribution >= 4 is 46.9 Å². The molecular weight excluding hydrogens is 609 g/mol. The van der Waals surface area contributed by atoms with E-state index in [2.05, 4.69) is 24.3 Å². The monoisotopic (exact) mass is 638 g/mol. The van der Waals surface area contributed by atoms with Crippen molar-refractivity contribution in [2.45, 2.75) is 19.6 Å². The Morgan fingerprint density at radius 3 is 1.02 bits per heavy atom. The maximum atomic E-state index is 13.9. The standard InChI is InChI=1S/C40H30O2S3/c1-43-35-23-11-9-21-33(35)39(41)31-19-5-3-15-27(31)29-17-7-13-25-37(29)45-38-26-14-8-18-30(38)28-16-4-6-20-32(28)40(42)34-22-10-12-24-36(34)44-2/h3-26H,1-2H3. The highest BCUT2D eigenvalue weighted by molar-refractivity contribution is 7.99. The van der Waals surface area contributed by atoms with Crippen molar-refractivity contribution in [3.63, 3.8) is 0 Å². The number of carbonyl (C=O) groups excluding carboxylic acids is 2. The zero-order valence-electron chi connectivity index (χ0n) is 24.9. The average Bonchev–Trinajstić information content (AvgIpc) is 3.11. The Morgan fingerprint density at radius 1 is 0.356 bits per heavy atom. The number of carbonyl (C=O) groups is 2. The summed E-state index contributed by atoms with van der Waals surface area (Å²) in [6.07, 6.45) is 3.99. The molecule has 6 aromatic rings. The number of rotatable bonds is 10. The lowest BCUT2D eigenvalue weighted by atomic mass is 9.94. The molecule has 5 heteroatoms. The molecule has 0 heterocycles. The Morgan fingerprint density at radius 2 is 0.644 bits per heavy atom. The van der Waals surface area contributed by atoms with Gasteiger partial charge >= 0.3 is 0 Å². The van der Waals surface area contributed by atoms with E-state index in [0.29, 0.717) is 22.3 Å². The Balaban J connectivity index is 1.42. The summed E-state index contributed by atoms with van der Waals surface area (Å²) in [5, 5.41) is 0. The van der Waals surface area contributed by atoms with Crippen LogP contribution in [0.25, 0.3) is 22.3 Å². The first-order valence-electron chi connectivity index (χ1n) is 14.5. The summed E-state index contributed by atoms with van der Waals surface area (Å²) in [6.45, 7) is 0. The summed E-state index contributed by atoms with van der Waals surface area (Å²) in [4.78, 5) is 31.9. The van der Waals surface area contributed by atoms with Crippen LogP contribution in [-0.2, 0) is 0 Å². The van der Waals surface area contributed by atoms with Crippen molar-refractivity contribution in [1.82, 2.24) is 0 Å². The van der Waals surface area contributed by atoms with Gasteiger partial charge in [0.2, 0.25) is 0 Å². The highest BCUT2D eigenvalue weighted by atomic mass is 32.2. The van der Waals surface area contributed by atoms with Crippen molar-refractivity contribution < 1.29 is 9.59 Å². The predicted octanol–water partition coefficient (Wildman–Crippen LogP) is 11.1. The van der Waals surface area contributed by atoms with E-state index in [-0.39, 0.29) is 11.6 Å². The number of thioether (sulfide) groups is 2. The Kier molecular flexibility index (Phi) is 9.70. The van der Waals surface area contributed by atoms with E-state index in [4.69, 9.17) is 0 Å². The van der Waals surface area contributed by atoms with E-state index in [0.717, 1.165) is 41.8 Å². The van der Waals surface area contributed by atoms with Crippen molar-refractivity contribution in [2.24, 2.45) is 0 Å². The van der Waals surface area contributed by atoms with Crippen LogP contribution >= 0.6 is 35.3 Å². The SMILES string of the molecule is CSc1ccccc1C(=O)c1ccccc1-c1ccccc1Sc1ccccc1-c1ccccc1C(=O)c1ccccc1SC. The largest absolute Gasteiger partial charge is 0.289 e. The normalized spacial score (nSPS) is 10.9. The van der Waals surface area contributed by atoms with Gasteiger partial charge in [-0.3, -0.25) is 9.59 Å². The van der Waals surface area contributed by atoms with Crippen molar-refractivity contribution in [2.75, 3.05) is 12.5 Å². The van der Waals surface area contributed by atoms with E-state index in [1.807, 2.05) is 134 Å². The molecule has 0 aliphatic carbocycles. The molecular formula is C40H30O2S3. The number of hydrogen-bond acceptors (Lipinski definition) is 5. The van der Waals surface area contributed by atoms with Crippen LogP contribution in [0.5, 0.6) is 0 Å². The van der Waals surface area contributed by atoms with Gasteiger partial charge in [0.25, 0.3) is 0 Å². The van der Waals surface area contributed by atoms with Gasteiger partial charge in [0.1, 0.15) is 0 Å². The fourth-order valence-electron chi connectivity index (χ4n) is 5.46. The number of hydrogen-bond donors (Lipinski definition) is 0. The Labute approximate surface area is 277 Å². The first-order chi connectivity index (χ1) is 22.1. The quantitative estimate of drug-likeness (QED) is 0.110. The number of benzene rings is 6. The highest BCUT2D eigenvalue weighted by Crippen LogP contribution is 2.42. The molecule has 0 unspecified atom stereocenters. The maximum absolute atomic E-state index is 13.9. The zero-order chi connectivity index (χ0) is 31.2. The third-order valence-electron chi connectivity index (χ3n) is 7.62. The van der Waals surface area contributed by atoms with Crippen molar-refractivity contribution in [3.05, 3.63) is 168 Å².